The van der Waals surface area contributed by atoms with Crippen molar-refractivity contribution in [1.29, 1.82) is 0 Å². The molecule has 132 valence electrons. The Kier molecular flexibility index (Phi) is 5.66. The van der Waals surface area contributed by atoms with Gasteiger partial charge >= 0.3 is 6.03 Å². The highest BCUT2D eigenvalue weighted by Crippen LogP contribution is 2.33. The Morgan fingerprint density at radius 3 is 2.20 bits per heavy atom. The number of nitrogens with one attached hydrogen (secondary N) is 1. The summed E-state index contributed by atoms with van der Waals surface area (Å²) in [6.07, 6.45) is 0. The van der Waals surface area contributed by atoms with Gasteiger partial charge in [0.2, 0.25) is 0 Å². The van der Waals surface area contributed by atoms with Gasteiger partial charge in [0.1, 0.15) is 5.82 Å². The zero-order valence-electron chi connectivity index (χ0n) is 13.5. The Labute approximate surface area is 156 Å². The summed E-state index contributed by atoms with van der Waals surface area (Å²) in [6.45, 7) is 2.85. The molecule has 0 bridgehead atoms. The van der Waals surface area contributed by atoms with E-state index in [-0.39, 0.29) is 11.8 Å². The van der Waals surface area contributed by atoms with Gasteiger partial charge < -0.3 is 15.1 Å². The van der Waals surface area contributed by atoms with Crippen LogP contribution < -0.4 is 10.2 Å². The van der Waals surface area contributed by atoms with Crippen LogP contribution in [0, 0.1) is 5.82 Å². The Balaban J connectivity index is 1.53. The van der Waals surface area contributed by atoms with Crippen LogP contribution in [0.5, 0.6) is 0 Å². The fraction of sp³-hybridized carbons (Fsp3) is 0.278. The van der Waals surface area contributed by atoms with Crippen LogP contribution in [0.25, 0.3) is 0 Å². The highest BCUT2D eigenvalue weighted by Gasteiger charge is 2.23. The largest absolute Gasteiger partial charge is 0.366 e. The fourth-order valence-electron chi connectivity index (χ4n) is 2.82. The van der Waals surface area contributed by atoms with Crippen molar-refractivity contribution < 1.29 is 9.18 Å². The number of hydrogen-bond acceptors (Lipinski definition) is 2. The zero-order chi connectivity index (χ0) is 17.8. The van der Waals surface area contributed by atoms with E-state index in [0.29, 0.717) is 42.8 Å². The van der Waals surface area contributed by atoms with Gasteiger partial charge in [-0.05, 0) is 29.8 Å². The van der Waals surface area contributed by atoms with Crippen LogP contribution in [0.2, 0.25) is 10.0 Å². The number of halogens is 3. The lowest BCUT2D eigenvalue weighted by atomic mass is 10.2. The van der Waals surface area contributed by atoms with Crippen LogP contribution in [-0.2, 0) is 6.54 Å². The molecule has 0 aromatic heterocycles. The van der Waals surface area contributed by atoms with Crippen LogP contribution >= 0.6 is 23.2 Å². The molecular weight excluding hydrogens is 364 g/mol. The summed E-state index contributed by atoms with van der Waals surface area (Å²) in [5.74, 6) is -0.288. The lowest BCUT2D eigenvalue weighted by Crippen LogP contribution is -2.51. The average molecular weight is 382 g/mol. The van der Waals surface area contributed by atoms with E-state index >= 15 is 0 Å². The number of amides is 2. The molecule has 0 radical (unpaired) electrons. The second-order valence-corrected chi connectivity index (χ2v) is 6.64. The van der Waals surface area contributed by atoms with E-state index in [4.69, 9.17) is 23.2 Å². The van der Waals surface area contributed by atoms with E-state index in [0.717, 1.165) is 11.3 Å². The van der Waals surface area contributed by atoms with Crippen LogP contribution in [0.3, 0.4) is 0 Å². The number of urea groups is 1. The van der Waals surface area contributed by atoms with E-state index < -0.39 is 0 Å². The van der Waals surface area contributed by atoms with Gasteiger partial charge in [-0.25, -0.2) is 9.18 Å². The lowest BCUT2D eigenvalue weighted by molar-refractivity contribution is 0.194. The van der Waals surface area contributed by atoms with Gasteiger partial charge in [0.25, 0.3) is 0 Å². The molecule has 0 unspecified atom stereocenters. The summed E-state index contributed by atoms with van der Waals surface area (Å²) in [4.78, 5) is 16.1. The molecular formula is C18H18Cl2FN3O. The van der Waals surface area contributed by atoms with E-state index in [1.165, 1.54) is 12.1 Å². The number of carbonyl (C=O) groups excluding carboxylic acids is 1. The third-order valence-corrected chi connectivity index (χ3v) is 4.79. The van der Waals surface area contributed by atoms with E-state index in [1.807, 2.05) is 18.2 Å². The minimum Gasteiger partial charge on any atom is -0.366 e. The van der Waals surface area contributed by atoms with Gasteiger partial charge in [0, 0.05) is 32.7 Å². The summed E-state index contributed by atoms with van der Waals surface area (Å²) in [5, 5.41) is 4.08. The minimum atomic E-state index is -0.288. The van der Waals surface area contributed by atoms with Gasteiger partial charge in [-0.1, -0.05) is 41.4 Å². The Morgan fingerprint density at radius 1 is 1.00 bits per heavy atom. The maximum Gasteiger partial charge on any atom is 0.317 e. The molecule has 2 aromatic carbocycles. The molecule has 1 saturated heterocycles. The first-order valence-corrected chi connectivity index (χ1v) is 8.76. The molecule has 0 atom stereocenters. The highest BCUT2D eigenvalue weighted by atomic mass is 35.5. The molecule has 1 heterocycles. The zero-order valence-corrected chi connectivity index (χ0v) is 15.0. The Bertz CT molecular complexity index is 726. The quantitative estimate of drug-likeness (QED) is 0.865. The summed E-state index contributed by atoms with van der Waals surface area (Å²) in [5.41, 5.74) is 1.67. The molecule has 1 N–H and O–H groups in total. The SMILES string of the molecule is O=C(NCc1ccc(F)cc1)N1CCN(c2c(Cl)cccc2Cl)CC1. The number of rotatable bonds is 3. The van der Waals surface area contributed by atoms with Crippen molar-refractivity contribution in [3.63, 3.8) is 0 Å². The van der Waals surface area contributed by atoms with Gasteiger partial charge in [-0.15, -0.1) is 0 Å². The Hall–Kier alpha value is -1.98. The standard InChI is InChI=1S/C18H18Cl2FN3O/c19-15-2-1-3-16(20)17(15)23-8-10-24(11-9-23)18(25)22-12-13-4-6-14(21)7-5-13/h1-7H,8-12H2,(H,22,25). The van der Waals surface area contributed by atoms with Crippen molar-refractivity contribution in [1.82, 2.24) is 10.2 Å². The summed E-state index contributed by atoms with van der Waals surface area (Å²) in [7, 11) is 0. The molecule has 0 aliphatic carbocycles. The molecule has 7 heteroatoms. The van der Waals surface area contributed by atoms with Crippen molar-refractivity contribution in [2.75, 3.05) is 31.1 Å². The van der Waals surface area contributed by atoms with Gasteiger partial charge in [-0.2, -0.15) is 0 Å². The third-order valence-electron chi connectivity index (χ3n) is 4.18. The van der Waals surface area contributed by atoms with Crippen molar-refractivity contribution in [2.45, 2.75) is 6.54 Å². The topological polar surface area (TPSA) is 35.6 Å². The van der Waals surface area contributed by atoms with Crippen molar-refractivity contribution >= 4 is 34.9 Å². The number of piperazine rings is 1. The second-order valence-electron chi connectivity index (χ2n) is 5.83. The fourth-order valence-corrected chi connectivity index (χ4v) is 3.45. The molecule has 0 saturated carbocycles. The van der Waals surface area contributed by atoms with Gasteiger partial charge in [0.05, 0.1) is 15.7 Å². The molecule has 1 aliphatic rings. The van der Waals surface area contributed by atoms with Crippen LogP contribution in [0.4, 0.5) is 14.9 Å². The predicted molar refractivity (Wildman–Crippen MR) is 98.9 cm³/mol. The number of para-hydroxylation sites is 1. The summed E-state index contributed by atoms with van der Waals surface area (Å²) < 4.78 is 12.9. The smallest absolute Gasteiger partial charge is 0.317 e. The molecule has 0 spiro atoms. The lowest BCUT2D eigenvalue weighted by Gasteiger charge is -2.36. The first kappa shape index (κ1) is 17.8. The molecule has 1 aliphatic heterocycles. The minimum absolute atomic E-state index is 0.130. The Morgan fingerprint density at radius 2 is 1.60 bits per heavy atom. The monoisotopic (exact) mass is 381 g/mol. The van der Waals surface area contributed by atoms with Crippen LogP contribution in [0.15, 0.2) is 42.5 Å². The van der Waals surface area contributed by atoms with Gasteiger partial charge in [0.15, 0.2) is 0 Å². The number of benzene rings is 2. The van der Waals surface area contributed by atoms with E-state index in [1.54, 1.807) is 17.0 Å². The van der Waals surface area contributed by atoms with Gasteiger partial charge in [-0.3, -0.25) is 0 Å². The molecule has 25 heavy (non-hydrogen) atoms. The maximum atomic E-state index is 12.9. The number of hydrogen-bond donors (Lipinski definition) is 1. The third kappa shape index (κ3) is 4.35. The number of nitrogens with zero attached hydrogens (tertiary/aromatic N) is 2. The first-order valence-electron chi connectivity index (χ1n) is 8.01. The van der Waals surface area contributed by atoms with Crippen LogP contribution in [0.1, 0.15) is 5.56 Å². The number of carbonyl (C=O) groups is 1. The molecule has 3 rings (SSSR count). The average Bonchev–Trinajstić information content (AvgIpc) is 2.61. The van der Waals surface area contributed by atoms with E-state index in [2.05, 4.69) is 10.2 Å². The molecule has 2 amide bonds. The number of anilines is 1. The molecule has 2 aromatic rings. The highest BCUT2D eigenvalue weighted by molar-refractivity contribution is 6.39. The first-order chi connectivity index (χ1) is 12.0. The van der Waals surface area contributed by atoms with E-state index in [9.17, 15) is 9.18 Å². The van der Waals surface area contributed by atoms with Crippen molar-refractivity contribution in [3.8, 4) is 0 Å². The summed E-state index contributed by atoms with van der Waals surface area (Å²) >= 11 is 12.5. The van der Waals surface area contributed by atoms with Crippen molar-refractivity contribution in [2.24, 2.45) is 0 Å². The predicted octanol–water partition coefficient (Wildman–Crippen LogP) is 4.16. The maximum absolute atomic E-state index is 12.9. The summed E-state index contributed by atoms with van der Waals surface area (Å²) in [6, 6.07) is 11.4. The van der Waals surface area contributed by atoms with Crippen molar-refractivity contribution in [3.05, 3.63) is 63.9 Å². The normalized spacial score (nSPS) is 14.5. The second kappa shape index (κ2) is 7.93. The van der Waals surface area contributed by atoms with Crippen LogP contribution in [-0.4, -0.2) is 37.1 Å². The molecule has 4 nitrogen and oxygen atoms in total. The molecule has 1 fully saturated rings.